The monoisotopic (exact) mass is 213 g/mol. The van der Waals surface area contributed by atoms with Crippen LogP contribution in [-0.2, 0) is 6.18 Å². The fourth-order valence-corrected chi connectivity index (χ4v) is 0.978. The van der Waals surface area contributed by atoms with E-state index in [2.05, 4.69) is 0 Å². The highest BCUT2D eigenvalue weighted by Crippen LogP contribution is 2.34. The molecule has 0 atom stereocenters. The average Bonchev–Trinajstić information content (AvgIpc) is 2.03. The summed E-state index contributed by atoms with van der Waals surface area (Å²) >= 11 is 5.09. The minimum Gasteiger partial charge on any atom is -0.412 e. The highest BCUT2D eigenvalue weighted by Gasteiger charge is 2.32. The van der Waals surface area contributed by atoms with Gasteiger partial charge in [-0.3, -0.25) is 4.84 Å². The van der Waals surface area contributed by atoms with E-state index < -0.39 is 11.7 Å². The van der Waals surface area contributed by atoms with E-state index in [1.165, 1.54) is 18.2 Å². The molecule has 3 N–H and O–H groups in total. The molecule has 74 valence electrons. The second-order valence-electron chi connectivity index (χ2n) is 2.14. The molecule has 1 aromatic rings. The summed E-state index contributed by atoms with van der Waals surface area (Å²) in [6.07, 6.45) is -4.36. The van der Waals surface area contributed by atoms with Crippen LogP contribution < -0.4 is 4.84 Å². The van der Waals surface area contributed by atoms with Gasteiger partial charge in [-0.1, -0.05) is 12.1 Å². The molecule has 0 aliphatic rings. The molecule has 2 nitrogen and oxygen atoms in total. The molecule has 1 rings (SSSR count). The standard InChI is InChI=1S/C7H5ClF3N.H2O/c8-12-6-4-2-1-3-5(6)7(9,10)11;/h1-4,12H;1H2. The number of anilines is 1. The van der Waals surface area contributed by atoms with E-state index in [1.54, 1.807) is 0 Å². The van der Waals surface area contributed by atoms with Crippen molar-refractivity contribution in [1.82, 2.24) is 0 Å². The van der Waals surface area contributed by atoms with Crippen LogP contribution in [0.4, 0.5) is 18.9 Å². The molecule has 0 fully saturated rings. The van der Waals surface area contributed by atoms with Crippen LogP contribution in [0.1, 0.15) is 5.56 Å². The third-order valence-electron chi connectivity index (χ3n) is 1.33. The van der Waals surface area contributed by atoms with Crippen molar-refractivity contribution in [3.05, 3.63) is 29.8 Å². The Hall–Kier alpha value is -0.940. The summed E-state index contributed by atoms with van der Waals surface area (Å²) < 4.78 is 36.4. The minimum absolute atomic E-state index is 0. The van der Waals surface area contributed by atoms with Crippen molar-refractivity contribution in [2.75, 3.05) is 4.84 Å². The Balaban J connectivity index is 0.00000144. The summed E-state index contributed by atoms with van der Waals surface area (Å²) in [6, 6.07) is 5.00. The summed E-state index contributed by atoms with van der Waals surface area (Å²) in [7, 11) is 0. The van der Waals surface area contributed by atoms with E-state index in [0.717, 1.165) is 6.07 Å². The molecule has 13 heavy (non-hydrogen) atoms. The molecular weight excluding hydrogens is 207 g/mol. The lowest BCUT2D eigenvalue weighted by Crippen LogP contribution is -2.06. The molecule has 0 aliphatic carbocycles. The van der Waals surface area contributed by atoms with Crippen LogP contribution in [0.25, 0.3) is 0 Å². The first-order valence-corrected chi connectivity index (χ1v) is 3.46. The van der Waals surface area contributed by atoms with E-state index in [0.29, 0.717) is 0 Å². The van der Waals surface area contributed by atoms with Crippen molar-refractivity contribution < 1.29 is 18.6 Å². The smallest absolute Gasteiger partial charge is 0.412 e. The first-order valence-electron chi connectivity index (χ1n) is 3.08. The quantitative estimate of drug-likeness (QED) is 0.716. The highest BCUT2D eigenvalue weighted by molar-refractivity contribution is 6.24. The largest absolute Gasteiger partial charge is 0.418 e. The molecule has 0 unspecified atom stereocenters. The predicted molar refractivity (Wildman–Crippen MR) is 44.5 cm³/mol. The third-order valence-corrected chi connectivity index (χ3v) is 1.54. The lowest BCUT2D eigenvalue weighted by atomic mass is 10.2. The fraction of sp³-hybridized carbons (Fsp3) is 0.143. The number of para-hydroxylation sites is 1. The number of rotatable bonds is 1. The van der Waals surface area contributed by atoms with Gasteiger partial charge < -0.3 is 5.48 Å². The van der Waals surface area contributed by atoms with Crippen molar-refractivity contribution in [3.8, 4) is 0 Å². The molecule has 0 radical (unpaired) electrons. The first kappa shape index (κ1) is 12.1. The van der Waals surface area contributed by atoms with Gasteiger partial charge in [0.1, 0.15) is 0 Å². The van der Waals surface area contributed by atoms with Crippen LogP contribution >= 0.6 is 11.8 Å². The van der Waals surface area contributed by atoms with Crippen molar-refractivity contribution in [2.45, 2.75) is 6.18 Å². The molecule has 0 spiro atoms. The maximum absolute atomic E-state index is 12.1. The first-order chi connectivity index (χ1) is 5.55. The van der Waals surface area contributed by atoms with Crippen molar-refractivity contribution >= 4 is 17.5 Å². The third kappa shape index (κ3) is 2.78. The average molecular weight is 214 g/mol. The summed E-state index contributed by atoms with van der Waals surface area (Å²) in [5.41, 5.74) is -0.897. The molecule has 0 aliphatic heterocycles. The van der Waals surface area contributed by atoms with Crippen molar-refractivity contribution in [1.29, 1.82) is 0 Å². The number of nitrogens with one attached hydrogen (secondary N) is 1. The predicted octanol–water partition coefficient (Wildman–Crippen LogP) is 2.45. The SMILES string of the molecule is FC(F)(F)c1ccccc1NCl.O. The van der Waals surface area contributed by atoms with Crippen LogP contribution in [0.5, 0.6) is 0 Å². The van der Waals surface area contributed by atoms with E-state index in [4.69, 9.17) is 11.8 Å². The molecule has 0 saturated carbocycles. The van der Waals surface area contributed by atoms with E-state index in [-0.39, 0.29) is 11.2 Å². The Kier molecular flexibility index (Phi) is 4.03. The second kappa shape index (κ2) is 4.34. The van der Waals surface area contributed by atoms with Gasteiger partial charge in [0, 0.05) is 11.8 Å². The Labute approximate surface area is 77.7 Å². The van der Waals surface area contributed by atoms with E-state index >= 15 is 0 Å². The van der Waals surface area contributed by atoms with Crippen molar-refractivity contribution in [3.63, 3.8) is 0 Å². The van der Waals surface area contributed by atoms with Gasteiger partial charge in [-0.05, 0) is 12.1 Å². The van der Waals surface area contributed by atoms with Gasteiger partial charge in [0.15, 0.2) is 0 Å². The molecule has 0 aromatic heterocycles. The fourth-order valence-electron chi connectivity index (χ4n) is 0.813. The van der Waals surface area contributed by atoms with Gasteiger partial charge in [-0.2, -0.15) is 13.2 Å². The zero-order chi connectivity index (χ0) is 9.19. The van der Waals surface area contributed by atoms with Gasteiger partial charge in [0.2, 0.25) is 0 Å². The molecule has 6 heteroatoms. The summed E-state index contributed by atoms with van der Waals surface area (Å²) in [5.74, 6) is 0. The zero-order valence-electron chi connectivity index (χ0n) is 6.32. The van der Waals surface area contributed by atoms with Crippen LogP contribution in [0, 0.1) is 0 Å². The van der Waals surface area contributed by atoms with Crippen LogP contribution in [0.2, 0.25) is 0 Å². The van der Waals surface area contributed by atoms with Gasteiger partial charge in [-0.25, -0.2) is 0 Å². The number of hydrogen-bond donors (Lipinski definition) is 1. The molecule has 0 heterocycles. The van der Waals surface area contributed by atoms with Crippen LogP contribution in [0.15, 0.2) is 24.3 Å². The number of halogens is 4. The topological polar surface area (TPSA) is 43.5 Å². The molecule has 1 aromatic carbocycles. The van der Waals surface area contributed by atoms with E-state index in [1.807, 2.05) is 4.84 Å². The zero-order valence-corrected chi connectivity index (χ0v) is 7.08. The molecule has 0 saturated heterocycles. The van der Waals surface area contributed by atoms with Crippen molar-refractivity contribution in [2.24, 2.45) is 0 Å². The van der Waals surface area contributed by atoms with Gasteiger partial charge in [0.25, 0.3) is 0 Å². The summed E-state index contributed by atoms with van der Waals surface area (Å²) in [6.45, 7) is 0. The highest BCUT2D eigenvalue weighted by atomic mass is 35.5. The van der Waals surface area contributed by atoms with Gasteiger partial charge in [-0.15, -0.1) is 0 Å². The number of benzene rings is 1. The minimum atomic E-state index is -4.36. The summed E-state index contributed by atoms with van der Waals surface area (Å²) in [4.78, 5) is 1.95. The van der Waals surface area contributed by atoms with E-state index in [9.17, 15) is 13.2 Å². The van der Waals surface area contributed by atoms with Gasteiger partial charge in [0.05, 0.1) is 11.3 Å². The van der Waals surface area contributed by atoms with Crippen LogP contribution in [0.3, 0.4) is 0 Å². The number of hydrogen-bond acceptors (Lipinski definition) is 1. The Bertz CT molecular complexity index is 277. The maximum atomic E-state index is 12.1. The lowest BCUT2D eigenvalue weighted by Gasteiger charge is -2.10. The Morgan fingerprint density at radius 1 is 1.15 bits per heavy atom. The Morgan fingerprint density at radius 2 is 1.69 bits per heavy atom. The number of alkyl halides is 3. The van der Waals surface area contributed by atoms with Crippen LogP contribution in [-0.4, -0.2) is 5.48 Å². The normalized spacial score (nSPS) is 10.5. The Morgan fingerprint density at radius 3 is 2.08 bits per heavy atom. The maximum Gasteiger partial charge on any atom is 0.418 e. The van der Waals surface area contributed by atoms with Gasteiger partial charge >= 0.3 is 6.18 Å². The lowest BCUT2D eigenvalue weighted by molar-refractivity contribution is -0.136. The molecular formula is C7H7ClF3NO. The molecule has 0 bridgehead atoms. The second-order valence-corrected chi connectivity index (χ2v) is 2.33. The summed E-state index contributed by atoms with van der Waals surface area (Å²) in [5, 5.41) is 0. The molecule has 0 amide bonds.